The van der Waals surface area contributed by atoms with Gasteiger partial charge in [0.2, 0.25) is 0 Å². The average molecular weight is 250 g/mol. The number of hydrogen-bond acceptors (Lipinski definition) is 3. The summed E-state index contributed by atoms with van der Waals surface area (Å²) in [5.74, 6) is 0. The summed E-state index contributed by atoms with van der Waals surface area (Å²) in [4.78, 5) is 3.97. The van der Waals surface area contributed by atoms with Crippen LogP contribution >= 0.6 is 12.2 Å². The van der Waals surface area contributed by atoms with Gasteiger partial charge in [-0.2, -0.15) is 4.99 Å². The molecule has 0 aliphatic carbocycles. The molecule has 0 heterocycles. The molecular weight excluding hydrogens is 228 g/mol. The van der Waals surface area contributed by atoms with E-state index in [-0.39, 0.29) is 0 Å². The van der Waals surface area contributed by atoms with Crippen LogP contribution in [0.3, 0.4) is 0 Å². The smallest absolute Gasteiger partial charge is 0.0797 e. The zero-order valence-corrected chi connectivity index (χ0v) is 11.8. The predicted molar refractivity (Wildman–Crippen MR) is 79.2 cm³/mol. The van der Waals surface area contributed by atoms with Gasteiger partial charge in [-0.3, -0.25) is 0 Å². The van der Waals surface area contributed by atoms with Crippen molar-refractivity contribution < 1.29 is 0 Å². The first kappa shape index (κ1) is 16.0. The van der Waals surface area contributed by atoms with Crippen molar-refractivity contribution in [2.75, 3.05) is 6.54 Å². The van der Waals surface area contributed by atoms with E-state index in [2.05, 4.69) is 29.3 Å². The first-order valence-electron chi connectivity index (χ1n) is 6.01. The number of benzene rings is 1. The van der Waals surface area contributed by atoms with E-state index in [0.717, 1.165) is 23.4 Å². The summed E-state index contributed by atoms with van der Waals surface area (Å²) in [5.41, 5.74) is 8.44. The minimum Gasteiger partial charge on any atom is -0.330 e. The summed E-state index contributed by atoms with van der Waals surface area (Å²) in [6.07, 6.45) is 3.75. The zero-order chi connectivity index (χ0) is 13.1. The molecule has 2 nitrogen and oxygen atoms in total. The summed E-state index contributed by atoms with van der Waals surface area (Å²) < 4.78 is 0. The molecule has 0 radical (unpaired) electrons. The second-order valence-electron chi connectivity index (χ2n) is 3.94. The summed E-state index contributed by atoms with van der Waals surface area (Å²) in [5, 5.41) is 2.37. The van der Waals surface area contributed by atoms with Crippen molar-refractivity contribution in [1.82, 2.24) is 0 Å². The Morgan fingerprint density at radius 2 is 1.82 bits per heavy atom. The Hall–Kier alpha value is -1.02. The van der Waals surface area contributed by atoms with Crippen LogP contribution in [0.15, 0.2) is 23.2 Å². The molecule has 1 rings (SSSR count). The number of aliphatic imine (C=N–C) groups is 1. The molecule has 0 spiro atoms. The summed E-state index contributed by atoms with van der Waals surface area (Å²) in [6.45, 7) is 7.06. The summed E-state index contributed by atoms with van der Waals surface area (Å²) >= 11 is 4.54. The van der Waals surface area contributed by atoms with E-state index >= 15 is 0 Å². The van der Waals surface area contributed by atoms with Gasteiger partial charge in [0.1, 0.15) is 0 Å². The molecule has 1 aromatic carbocycles. The predicted octanol–water partition coefficient (Wildman–Crippen LogP) is 4.17. The summed E-state index contributed by atoms with van der Waals surface area (Å²) in [6, 6.07) is 6.03. The minimum absolute atomic E-state index is 0.855. The van der Waals surface area contributed by atoms with Gasteiger partial charge < -0.3 is 5.73 Å². The third-order valence-electron chi connectivity index (χ3n) is 2.40. The molecule has 0 atom stereocenters. The Kier molecular flexibility index (Phi) is 9.55. The van der Waals surface area contributed by atoms with Crippen LogP contribution in [0, 0.1) is 13.8 Å². The molecular formula is C14H22N2S. The van der Waals surface area contributed by atoms with Crippen molar-refractivity contribution >= 4 is 23.1 Å². The normalized spacial score (nSPS) is 8.94. The van der Waals surface area contributed by atoms with Crippen LogP contribution in [-0.2, 0) is 0 Å². The highest BCUT2D eigenvalue weighted by molar-refractivity contribution is 7.78. The third kappa shape index (κ3) is 7.01. The lowest BCUT2D eigenvalue weighted by atomic mass is 10.1. The second-order valence-corrected chi connectivity index (χ2v) is 4.12. The van der Waals surface area contributed by atoms with Gasteiger partial charge >= 0.3 is 0 Å². The molecule has 0 saturated heterocycles. The van der Waals surface area contributed by atoms with Crippen LogP contribution in [-0.4, -0.2) is 11.7 Å². The van der Waals surface area contributed by atoms with Crippen LogP contribution < -0.4 is 5.73 Å². The Morgan fingerprint density at radius 1 is 1.24 bits per heavy atom. The largest absolute Gasteiger partial charge is 0.330 e. The van der Waals surface area contributed by atoms with Gasteiger partial charge in [0, 0.05) is 0 Å². The van der Waals surface area contributed by atoms with Gasteiger partial charge in [0.05, 0.1) is 10.8 Å². The molecule has 0 aliphatic rings. The maximum atomic E-state index is 5.21. The first-order chi connectivity index (χ1) is 8.17. The molecule has 0 fully saturated rings. The quantitative estimate of drug-likeness (QED) is 0.495. The molecule has 3 heteroatoms. The SMILES string of the molecule is CCCCCN.Cc1cccc(C)c1N=C=S. The number of isothiocyanates is 1. The lowest BCUT2D eigenvalue weighted by Gasteiger charge is -2.00. The highest BCUT2D eigenvalue weighted by Gasteiger charge is 1.97. The molecule has 0 unspecified atom stereocenters. The number of thiocarbonyl (C=S) groups is 1. The fourth-order valence-corrected chi connectivity index (χ4v) is 1.51. The van der Waals surface area contributed by atoms with Crippen LogP contribution in [0.1, 0.15) is 37.3 Å². The zero-order valence-electron chi connectivity index (χ0n) is 11.0. The molecule has 94 valence electrons. The fourth-order valence-electron chi connectivity index (χ4n) is 1.42. The van der Waals surface area contributed by atoms with Crippen molar-refractivity contribution in [3.63, 3.8) is 0 Å². The number of hydrogen-bond donors (Lipinski definition) is 1. The third-order valence-corrected chi connectivity index (χ3v) is 2.50. The number of aryl methyl sites for hydroxylation is 2. The minimum atomic E-state index is 0.855. The van der Waals surface area contributed by atoms with Crippen molar-refractivity contribution in [2.24, 2.45) is 10.7 Å². The van der Waals surface area contributed by atoms with E-state index in [1.165, 1.54) is 19.3 Å². The lowest BCUT2D eigenvalue weighted by Crippen LogP contribution is -1.96. The number of rotatable bonds is 4. The van der Waals surface area contributed by atoms with Crippen LogP contribution in [0.2, 0.25) is 0 Å². The van der Waals surface area contributed by atoms with Gasteiger partial charge in [-0.25, -0.2) is 0 Å². The topological polar surface area (TPSA) is 38.4 Å². The van der Waals surface area contributed by atoms with E-state index < -0.39 is 0 Å². The molecule has 1 aromatic rings. The van der Waals surface area contributed by atoms with E-state index in [9.17, 15) is 0 Å². The Bertz CT molecular complexity index is 344. The highest BCUT2D eigenvalue weighted by Crippen LogP contribution is 2.21. The van der Waals surface area contributed by atoms with Gasteiger partial charge in [-0.1, -0.05) is 38.0 Å². The molecule has 0 bridgehead atoms. The monoisotopic (exact) mass is 250 g/mol. The van der Waals surface area contributed by atoms with Crippen LogP contribution in [0.4, 0.5) is 5.69 Å². The van der Waals surface area contributed by atoms with Gasteiger partial charge in [-0.15, -0.1) is 0 Å². The number of unbranched alkanes of at least 4 members (excludes halogenated alkanes) is 2. The van der Waals surface area contributed by atoms with Gasteiger partial charge in [0.25, 0.3) is 0 Å². The second kappa shape index (κ2) is 10.2. The number of nitrogens with zero attached hydrogens (tertiary/aromatic N) is 1. The molecule has 0 saturated carbocycles. The molecule has 2 N–H and O–H groups in total. The number of para-hydroxylation sites is 1. The first-order valence-corrected chi connectivity index (χ1v) is 6.42. The van der Waals surface area contributed by atoms with E-state index in [4.69, 9.17) is 5.73 Å². The van der Waals surface area contributed by atoms with Gasteiger partial charge in [0.15, 0.2) is 0 Å². The van der Waals surface area contributed by atoms with E-state index in [1.807, 2.05) is 32.0 Å². The molecule has 0 amide bonds. The summed E-state index contributed by atoms with van der Waals surface area (Å²) in [7, 11) is 0. The number of nitrogens with two attached hydrogens (primary N) is 1. The standard InChI is InChI=1S/C9H9NS.C5H13N/c1-7-4-3-5-8(2)9(7)10-6-11;1-2-3-4-5-6/h3-5H,1-2H3;2-6H2,1H3. The Balaban J connectivity index is 0.000000366. The van der Waals surface area contributed by atoms with Crippen LogP contribution in [0.5, 0.6) is 0 Å². The van der Waals surface area contributed by atoms with Crippen molar-refractivity contribution in [1.29, 1.82) is 0 Å². The lowest BCUT2D eigenvalue weighted by molar-refractivity contribution is 0.727. The molecule has 0 aromatic heterocycles. The highest BCUT2D eigenvalue weighted by atomic mass is 32.1. The maximum absolute atomic E-state index is 5.21. The Morgan fingerprint density at radius 3 is 2.18 bits per heavy atom. The fraction of sp³-hybridized carbons (Fsp3) is 0.500. The average Bonchev–Trinajstić information content (AvgIpc) is 2.32. The van der Waals surface area contributed by atoms with E-state index in [1.54, 1.807) is 0 Å². The molecule has 0 aliphatic heterocycles. The van der Waals surface area contributed by atoms with Crippen LogP contribution in [0.25, 0.3) is 0 Å². The van der Waals surface area contributed by atoms with Crippen molar-refractivity contribution in [3.05, 3.63) is 29.3 Å². The molecule has 17 heavy (non-hydrogen) atoms. The van der Waals surface area contributed by atoms with E-state index in [0.29, 0.717) is 0 Å². The Labute approximate surface area is 110 Å². The van der Waals surface area contributed by atoms with Crippen molar-refractivity contribution in [3.8, 4) is 0 Å². The van der Waals surface area contributed by atoms with Gasteiger partial charge in [-0.05, 0) is 50.2 Å². The van der Waals surface area contributed by atoms with Crippen molar-refractivity contribution in [2.45, 2.75) is 40.0 Å². The maximum Gasteiger partial charge on any atom is 0.0797 e.